The lowest BCUT2D eigenvalue weighted by Crippen LogP contribution is -2.14. The molecule has 0 aromatic carbocycles. The van der Waals surface area contributed by atoms with Crippen LogP contribution in [0.2, 0.25) is 0 Å². The van der Waals surface area contributed by atoms with Gasteiger partial charge in [0.2, 0.25) is 0 Å². The van der Waals surface area contributed by atoms with Gasteiger partial charge in [-0.25, -0.2) is 9.59 Å². The lowest BCUT2D eigenvalue weighted by Gasteiger charge is -2.02. The molecule has 4 nitrogen and oxygen atoms in total. The van der Waals surface area contributed by atoms with Crippen LogP contribution in [-0.2, 0) is 18.4 Å². The smallest absolute Gasteiger partial charge is 0.432 e. The molecule has 0 fully saturated rings. The molecule has 0 spiro atoms. The largest absolute Gasteiger partial charge is 0.486 e. The minimum Gasteiger partial charge on any atom is -0.486 e. The van der Waals surface area contributed by atoms with Crippen LogP contribution in [0.1, 0.15) is 6.92 Å². The maximum absolute atomic E-state index is 10.7. The first kappa shape index (κ1) is 10.6. The van der Waals surface area contributed by atoms with E-state index in [9.17, 15) is 9.59 Å². The van der Waals surface area contributed by atoms with Crippen LogP contribution >= 0.6 is 0 Å². The molecule has 66 valence electrons. The van der Waals surface area contributed by atoms with Gasteiger partial charge >= 0.3 is 21.9 Å². The van der Waals surface area contributed by atoms with Crippen molar-refractivity contribution in [2.75, 3.05) is 0 Å². The van der Waals surface area contributed by atoms with Crippen molar-refractivity contribution in [2.45, 2.75) is 6.92 Å². The zero-order chi connectivity index (χ0) is 9.56. The predicted molar refractivity (Wildman–Crippen MR) is 45.7 cm³/mol. The zero-order valence-electron chi connectivity index (χ0n) is 6.83. The lowest BCUT2D eigenvalue weighted by molar-refractivity contribution is -0.134. The van der Waals surface area contributed by atoms with Crippen LogP contribution in [0.25, 0.3) is 0 Å². The van der Waals surface area contributed by atoms with E-state index in [1.807, 2.05) is 0 Å². The van der Waals surface area contributed by atoms with Gasteiger partial charge in [0.25, 0.3) is 0 Å². The molecule has 0 bridgehead atoms. The standard InChI is InChI=1S/C7H10O4Si/c1-4-6(8)10-12-11-7(9)5(2)3/h4H,1-2,12H2,3H3. The second-order valence-electron chi connectivity index (χ2n) is 2.00. The van der Waals surface area contributed by atoms with E-state index >= 15 is 0 Å². The molecule has 0 N–H and O–H groups in total. The van der Waals surface area contributed by atoms with E-state index in [1.165, 1.54) is 6.92 Å². The average Bonchev–Trinajstić information content (AvgIpc) is 2.03. The van der Waals surface area contributed by atoms with Crippen molar-refractivity contribution in [3.05, 3.63) is 24.8 Å². The lowest BCUT2D eigenvalue weighted by atomic mass is 10.4. The van der Waals surface area contributed by atoms with Crippen molar-refractivity contribution < 1.29 is 18.4 Å². The van der Waals surface area contributed by atoms with Crippen molar-refractivity contribution in [3.63, 3.8) is 0 Å². The summed E-state index contributed by atoms with van der Waals surface area (Å²) in [6.45, 7) is 8.06. The van der Waals surface area contributed by atoms with Crippen molar-refractivity contribution in [1.82, 2.24) is 0 Å². The third-order valence-corrected chi connectivity index (χ3v) is 1.69. The van der Waals surface area contributed by atoms with Crippen LogP contribution in [0.4, 0.5) is 0 Å². The molecule has 0 radical (unpaired) electrons. The molecule has 0 aliphatic carbocycles. The molecular weight excluding hydrogens is 176 g/mol. The Balaban J connectivity index is 3.57. The van der Waals surface area contributed by atoms with Gasteiger partial charge in [-0.05, 0) is 6.92 Å². The van der Waals surface area contributed by atoms with Gasteiger partial charge in [-0.1, -0.05) is 13.2 Å². The second-order valence-corrected chi connectivity index (χ2v) is 2.81. The van der Waals surface area contributed by atoms with Gasteiger partial charge < -0.3 is 8.85 Å². The topological polar surface area (TPSA) is 52.6 Å². The Morgan fingerprint density at radius 2 is 2.00 bits per heavy atom. The normalized spacial score (nSPS) is 9.42. The molecule has 0 unspecified atom stereocenters. The first-order chi connectivity index (χ1) is 5.57. The maximum atomic E-state index is 10.7. The molecule has 0 aromatic rings. The molecule has 0 aromatic heterocycles. The van der Waals surface area contributed by atoms with Crippen LogP contribution in [0.5, 0.6) is 0 Å². The number of carbonyl (C=O) groups is 2. The molecule has 0 aliphatic rings. The van der Waals surface area contributed by atoms with Gasteiger partial charge in [0.05, 0.1) is 0 Å². The van der Waals surface area contributed by atoms with Crippen LogP contribution in [0, 0.1) is 0 Å². The summed E-state index contributed by atoms with van der Waals surface area (Å²) in [4.78, 5) is 21.2. The minimum absolute atomic E-state index is 0.289. The van der Waals surface area contributed by atoms with Crippen molar-refractivity contribution in [3.8, 4) is 0 Å². The third kappa shape index (κ3) is 4.45. The van der Waals surface area contributed by atoms with Gasteiger partial charge in [-0.15, -0.1) is 0 Å². The Bertz CT molecular complexity index is 221. The van der Waals surface area contributed by atoms with Crippen LogP contribution in [-0.4, -0.2) is 21.9 Å². The monoisotopic (exact) mass is 186 g/mol. The molecule has 0 saturated heterocycles. The molecule has 0 saturated carbocycles. The minimum atomic E-state index is -1.57. The number of hydrogen-bond acceptors (Lipinski definition) is 4. The zero-order valence-corrected chi connectivity index (χ0v) is 8.25. The fourth-order valence-corrected chi connectivity index (χ4v) is 0.970. The van der Waals surface area contributed by atoms with Crippen molar-refractivity contribution in [1.29, 1.82) is 0 Å². The summed E-state index contributed by atoms with van der Waals surface area (Å²) in [5, 5.41) is 0. The Hall–Kier alpha value is -1.36. The molecule has 0 aliphatic heterocycles. The van der Waals surface area contributed by atoms with Gasteiger partial charge in [0, 0.05) is 11.6 Å². The summed E-state index contributed by atoms with van der Waals surface area (Å²) < 4.78 is 9.10. The summed E-state index contributed by atoms with van der Waals surface area (Å²) in [5.74, 6) is -1.10. The number of rotatable bonds is 4. The Kier molecular flexibility index (Phi) is 4.71. The van der Waals surface area contributed by atoms with E-state index in [2.05, 4.69) is 22.0 Å². The van der Waals surface area contributed by atoms with E-state index in [0.29, 0.717) is 0 Å². The summed E-state index contributed by atoms with van der Waals surface area (Å²) in [5.41, 5.74) is 0.289. The Morgan fingerprint density at radius 1 is 1.42 bits per heavy atom. The van der Waals surface area contributed by atoms with Gasteiger partial charge in [0.1, 0.15) is 0 Å². The van der Waals surface area contributed by atoms with Crippen LogP contribution in [0.15, 0.2) is 24.8 Å². The second kappa shape index (κ2) is 5.31. The van der Waals surface area contributed by atoms with E-state index in [1.54, 1.807) is 0 Å². The van der Waals surface area contributed by atoms with Gasteiger partial charge in [-0.2, -0.15) is 0 Å². The van der Waals surface area contributed by atoms with E-state index in [4.69, 9.17) is 0 Å². The van der Waals surface area contributed by atoms with E-state index < -0.39 is 21.9 Å². The Labute approximate surface area is 72.9 Å². The van der Waals surface area contributed by atoms with E-state index in [0.717, 1.165) is 6.08 Å². The predicted octanol–water partition coefficient (Wildman–Crippen LogP) is -0.166. The SMILES string of the molecule is C=CC(=O)O[SiH2]OC(=O)C(=C)C. The molecular formula is C7H10O4Si. The highest BCUT2D eigenvalue weighted by Gasteiger charge is 2.04. The number of carbonyl (C=O) groups excluding carboxylic acids is 2. The van der Waals surface area contributed by atoms with Gasteiger partial charge in [0.15, 0.2) is 0 Å². The Morgan fingerprint density at radius 3 is 2.42 bits per heavy atom. The molecule has 0 rings (SSSR count). The highest BCUT2D eigenvalue weighted by atomic mass is 28.3. The molecule has 0 amide bonds. The summed E-state index contributed by atoms with van der Waals surface area (Å²) >= 11 is 0. The van der Waals surface area contributed by atoms with Gasteiger partial charge in [-0.3, -0.25) is 0 Å². The first-order valence-electron chi connectivity index (χ1n) is 3.19. The summed E-state index contributed by atoms with van der Waals surface area (Å²) in [6, 6.07) is 0. The molecule has 12 heavy (non-hydrogen) atoms. The molecule has 0 atom stereocenters. The first-order valence-corrected chi connectivity index (χ1v) is 4.35. The highest BCUT2D eigenvalue weighted by Crippen LogP contribution is 1.90. The quantitative estimate of drug-likeness (QED) is 0.452. The molecule has 5 heteroatoms. The summed E-state index contributed by atoms with van der Waals surface area (Å²) in [7, 11) is -1.57. The van der Waals surface area contributed by atoms with Crippen LogP contribution in [0.3, 0.4) is 0 Å². The summed E-state index contributed by atoms with van der Waals surface area (Å²) in [6.07, 6.45) is 1.02. The number of hydrogen-bond donors (Lipinski definition) is 0. The fraction of sp³-hybridized carbons (Fsp3) is 0.143. The fourth-order valence-electron chi connectivity index (χ4n) is 0.323. The van der Waals surface area contributed by atoms with Crippen molar-refractivity contribution >= 4 is 21.9 Å². The third-order valence-electron chi connectivity index (χ3n) is 0.906. The molecule has 0 heterocycles. The average molecular weight is 186 g/mol. The van der Waals surface area contributed by atoms with Crippen molar-refractivity contribution in [2.24, 2.45) is 0 Å². The maximum Gasteiger partial charge on any atom is 0.432 e. The van der Waals surface area contributed by atoms with E-state index in [-0.39, 0.29) is 5.57 Å². The van der Waals surface area contributed by atoms with Crippen LogP contribution < -0.4 is 0 Å². The highest BCUT2D eigenvalue weighted by molar-refractivity contribution is 6.27.